The zero-order valence-electron chi connectivity index (χ0n) is 17.7. The second-order valence-corrected chi connectivity index (χ2v) is 10.4. The van der Waals surface area contributed by atoms with Crippen molar-refractivity contribution in [1.82, 2.24) is 0 Å². The molecular formula is C24H38O2. The number of rotatable bonds is 2. The zero-order valence-corrected chi connectivity index (χ0v) is 17.7. The molecule has 0 radical (unpaired) electrons. The summed E-state index contributed by atoms with van der Waals surface area (Å²) in [5.41, 5.74) is 4.37. The molecule has 0 aromatic carbocycles. The van der Waals surface area contributed by atoms with Crippen molar-refractivity contribution in [2.24, 2.45) is 35.0 Å². The van der Waals surface area contributed by atoms with Crippen LogP contribution in [0.1, 0.15) is 80.1 Å². The first-order valence-corrected chi connectivity index (χ1v) is 10.7. The molecule has 3 aliphatic rings. The van der Waals surface area contributed by atoms with Crippen LogP contribution in [0.4, 0.5) is 0 Å². The molecule has 2 nitrogen and oxygen atoms in total. The Kier molecular flexibility index (Phi) is 5.43. The van der Waals surface area contributed by atoms with Gasteiger partial charge in [-0.25, -0.2) is 0 Å². The van der Waals surface area contributed by atoms with Crippen LogP contribution in [0.25, 0.3) is 0 Å². The van der Waals surface area contributed by atoms with Crippen LogP contribution < -0.4 is 0 Å². The summed E-state index contributed by atoms with van der Waals surface area (Å²) in [6.45, 7) is 17.4. The van der Waals surface area contributed by atoms with E-state index < -0.39 is 5.41 Å². The van der Waals surface area contributed by atoms with Crippen molar-refractivity contribution in [1.29, 1.82) is 0 Å². The highest BCUT2D eigenvalue weighted by atomic mass is 16.5. The Labute approximate surface area is 160 Å². The summed E-state index contributed by atoms with van der Waals surface area (Å²) < 4.78 is 6.06. The monoisotopic (exact) mass is 358 g/mol. The van der Waals surface area contributed by atoms with Gasteiger partial charge >= 0.3 is 5.97 Å². The fourth-order valence-electron chi connectivity index (χ4n) is 5.78. The second-order valence-electron chi connectivity index (χ2n) is 10.4. The Hall–Kier alpha value is -1.05. The van der Waals surface area contributed by atoms with E-state index in [4.69, 9.17) is 4.74 Å². The highest BCUT2D eigenvalue weighted by molar-refractivity contribution is 5.75. The SMILES string of the molecule is C=C1CC[C@@H](C(C)C)[C@@H]2CC(OC(=O)C(C)(C)C)CC3C2=C(C)CC[C@@H]13. The standard InChI is InChI=1S/C24H38O2/c1-14(2)18-10-8-15(3)19-11-9-16(4)22-20(18)12-17(13-21(19)22)26-23(25)24(5,6)7/h14,17-21H,3,8-13H2,1-2,4-7H3/t17?,18-,19-,20-,21?/m0/s1. The maximum atomic E-state index is 12.5. The Balaban J connectivity index is 1.95. The molecular weight excluding hydrogens is 320 g/mol. The summed E-state index contributed by atoms with van der Waals surface area (Å²) in [6, 6.07) is 0. The van der Waals surface area contributed by atoms with Crippen molar-refractivity contribution < 1.29 is 9.53 Å². The van der Waals surface area contributed by atoms with Gasteiger partial charge in [-0.15, -0.1) is 0 Å². The molecule has 26 heavy (non-hydrogen) atoms. The van der Waals surface area contributed by atoms with Crippen LogP contribution >= 0.6 is 0 Å². The zero-order chi connectivity index (χ0) is 19.2. The molecule has 4 bridgehead atoms. The van der Waals surface area contributed by atoms with Gasteiger partial charge in [-0.2, -0.15) is 0 Å². The Morgan fingerprint density at radius 2 is 1.73 bits per heavy atom. The summed E-state index contributed by atoms with van der Waals surface area (Å²) in [7, 11) is 0. The Morgan fingerprint density at radius 1 is 1.08 bits per heavy atom. The van der Waals surface area contributed by atoms with Crippen molar-refractivity contribution in [2.45, 2.75) is 86.2 Å². The molecule has 0 spiro atoms. The van der Waals surface area contributed by atoms with Crippen LogP contribution in [0.3, 0.4) is 0 Å². The van der Waals surface area contributed by atoms with Gasteiger partial charge in [0.1, 0.15) is 6.10 Å². The molecule has 2 unspecified atom stereocenters. The number of esters is 1. The lowest BCUT2D eigenvalue weighted by atomic mass is 9.56. The number of allylic oxidation sites excluding steroid dienone is 3. The van der Waals surface area contributed by atoms with Gasteiger partial charge in [0, 0.05) is 0 Å². The van der Waals surface area contributed by atoms with Crippen molar-refractivity contribution in [3.63, 3.8) is 0 Å². The minimum absolute atomic E-state index is 0.0465. The lowest BCUT2D eigenvalue weighted by Crippen LogP contribution is -2.44. The fourth-order valence-corrected chi connectivity index (χ4v) is 5.78. The number of hydrogen-bond acceptors (Lipinski definition) is 2. The maximum absolute atomic E-state index is 12.5. The molecule has 0 heterocycles. The van der Waals surface area contributed by atoms with Crippen LogP contribution in [-0.4, -0.2) is 12.1 Å². The Morgan fingerprint density at radius 3 is 2.35 bits per heavy atom. The van der Waals surface area contributed by atoms with E-state index in [1.54, 1.807) is 11.1 Å². The van der Waals surface area contributed by atoms with E-state index in [0.29, 0.717) is 29.6 Å². The summed E-state index contributed by atoms with van der Waals surface area (Å²) in [5, 5.41) is 0. The van der Waals surface area contributed by atoms with Gasteiger partial charge in [-0.05, 0) is 95.8 Å². The topological polar surface area (TPSA) is 26.3 Å². The minimum Gasteiger partial charge on any atom is -0.462 e. The van der Waals surface area contributed by atoms with Crippen LogP contribution in [-0.2, 0) is 9.53 Å². The number of carbonyl (C=O) groups is 1. The molecule has 3 aliphatic carbocycles. The number of carbonyl (C=O) groups excluding carboxylic acids is 1. The highest BCUT2D eigenvalue weighted by Gasteiger charge is 2.46. The molecule has 0 saturated heterocycles. The lowest BCUT2D eigenvalue weighted by Gasteiger charge is -2.50. The molecule has 5 atom stereocenters. The minimum atomic E-state index is -0.425. The van der Waals surface area contributed by atoms with Crippen LogP contribution in [0.5, 0.6) is 0 Å². The second kappa shape index (κ2) is 7.17. The normalized spacial score (nSPS) is 35.2. The quantitative estimate of drug-likeness (QED) is 0.426. The van der Waals surface area contributed by atoms with E-state index in [9.17, 15) is 4.79 Å². The third kappa shape index (κ3) is 3.66. The van der Waals surface area contributed by atoms with Gasteiger partial charge in [0.15, 0.2) is 0 Å². The highest BCUT2D eigenvalue weighted by Crippen LogP contribution is 2.55. The van der Waals surface area contributed by atoms with Crippen molar-refractivity contribution in [3.8, 4) is 0 Å². The van der Waals surface area contributed by atoms with Crippen molar-refractivity contribution in [2.75, 3.05) is 0 Å². The van der Waals surface area contributed by atoms with E-state index in [2.05, 4.69) is 27.4 Å². The van der Waals surface area contributed by atoms with E-state index in [0.717, 1.165) is 12.8 Å². The number of hydrogen-bond donors (Lipinski definition) is 0. The molecule has 0 amide bonds. The first-order valence-electron chi connectivity index (χ1n) is 10.7. The predicted molar refractivity (Wildman–Crippen MR) is 108 cm³/mol. The van der Waals surface area contributed by atoms with Gasteiger partial charge in [0.25, 0.3) is 0 Å². The molecule has 146 valence electrons. The smallest absolute Gasteiger partial charge is 0.311 e. The summed E-state index contributed by atoms with van der Waals surface area (Å²) in [6.07, 6.45) is 6.97. The molecule has 3 rings (SSSR count). The summed E-state index contributed by atoms with van der Waals surface area (Å²) in [4.78, 5) is 12.5. The molecule has 0 N–H and O–H groups in total. The van der Waals surface area contributed by atoms with Crippen LogP contribution in [0.15, 0.2) is 23.3 Å². The van der Waals surface area contributed by atoms with E-state index >= 15 is 0 Å². The van der Waals surface area contributed by atoms with Crippen molar-refractivity contribution >= 4 is 5.97 Å². The molecule has 0 aliphatic heterocycles. The van der Waals surface area contributed by atoms with Crippen LogP contribution in [0.2, 0.25) is 0 Å². The van der Waals surface area contributed by atoms with E-state index in [1.807, 2.05) is 20.8 Å². The van der Waals surface area contributed by atoms with Gasteiger partial charge in [0.2, 0.25) is 0 Å². The average molecular weight is 359 g/mol. The molecule has 2 heteroatoms. The van der Waals surface area contributed by atoms with Crippen molar-refractivity contribution in [3.05, 3.63) is 23.3 Å². The van der Waals surface area contributed by atoms with Crippen LogP contribution in [0, 0.1) is 35.0 Å². The third-order valence-corrected chi connectivity index (χ3v) is 7.22. The van der Waals surface area contributed by atoms with E-state index in [-0.39, 0.29) is 12.1 Å². The fraction of sp³-hybridized carbons (Fsp3) is 0.792. The first-order chi connectivity index (χ1) is 12.1. The largest absolute Gasteiger partial charge is 0.462 e. The molecule has 2 fully saturated rings. The lowest BCUT2D eigenvalue weighted by molar-refractivity contribution is -0.161. The summed E-state index contributed by atoms with van der Waals surface area (Å²) in [5.74, 6) is 3.02. The molecule has 0 aromatic rings. The van der Waals surface area contributed by atoms with Gasteiger partial charge in [-0.1, -0.05) is 37.1 Å². The van der Waals surface area contributed by atoms with Gasteiger partial charge in [0.05, 0.1) is 5.41 Å². The predicted octanol–water partition coefficient (Wildman–Crippen LogP) is 6.32. The third-order valence-electron chi connectivity index (χ3n) is 7.22. The first kappa shape index (κ1) is 19.7. The summed E-state index contributed by atoms with van der Waals surface area (Å²) >= 11 is 0. The Bertz CT molecular complexity index is 604. The molecule has 0 aromatic heterocycles. The van der Waals surface area contributed by atoms with Gasteiger partial charge < -0.3 is 4.74 Å². The maximum Gasteiger partial charge on any atom is 0.311 e. The number of ether oxygens (including phenoxy) is 1. The molecule has 2 saturated carbocycles. The van der Waals surface area contributed by atoms with Gasteiger partial charge in [-0.3, -0.25) is 4.79 Å². The average Bonchev–Trinajstić information content (AvgIpc) is 2.53. The van der Waals surface area contributed by atoms with E-state index in [1.165, 1.54) is 31.3 Å².